The molecule has 8 aromatic carbocycles. The lowest BCUT2D eigenvalue weighted by Gasteiger charge is -2.26. The van der Waals surface area contributed by atoms with Crippen molar-refractivity contribution in [1.82, 2.24) is 0 Å². The molecule has 1 aliphatic carbocycles. The van der Waals surface area contributed by atoms with E-state index in [-0.39, 0.29) is 5.41 Å². The molecule has 0 nitrogen and oxygen atoms in total. The molecule has 0 radical (unpaired) electrons. The van der Waals surface area contributed by atoms with Crippen LogP contribution in [-0.2, 0) is 5.41 Å². The predicted molar refractivity (Wildman–Crippen MR) is 200 cm³/mol. The molecule has 0 atom stereocenters. The summed E-state index contributed by atoms with van der Waals surface area (Å²) in [6.45, 7) is 4.86. The minimum absolute atomic E-state index is 0.166. The van der Waals surface area contributed by atoms with Crippen molar-refractivity contribution >= 4 is 63.8 Å². The fourth-order valence-corrected chi connectivity index (χ4v) is 9.64. The molecule has 0 saturated carbocycles. The van der Waals surface area contributed by atoms with Crippen molar-refractivity contribution in [3.05, 3.63) is 157 Å². The number of rotatable bonds is 2. The Morgan fingerprint density at radius 2 is 1.00 bits per heavy atom. The first-order valence-electron chi connectivity index (χ1n) is 16.1. The average molecular weight is 603 g/mol. The van der Waals surface area contributed by atoms with Crippen LogP contribution in [-0.4, -0.2) is 0 Å². The quantitative estimate of drug-likeness (QED) is 0.173. The van der Waals surface area contributed by atoms with Gasteiger partial charge in [0.1, 0.15) is 0 Å². The summed E-state index contributed by atoms with van der Waals surface area (Å²) < 4.78 is 2.70. The zero-order valence-corrected chi connectivity index (χ0v) is 26.6. The van der Waals surface area contributed by atoms with Gasteiger partial charge in [0.05, 0.1) is 0 Å². The summed E-state index contributed by atoms with van der Waals surface area (Å²) in [5.41, 5.74) is 10.7. The first-order valence-corrected chi connectivity index (χ1v) is 16.9. The van der Waals surface area contributed by atoms with Crippen LogP contribution in [0, 0.1) is 0 Å². The van der Waals surface area contributed by atoms with Crippen molar-refractivity contribution in [3.63, 3.8) is 0 Å². The van der Waals surface area contributed by atoms with Crippen molar-refractivity contribution in [3.8, 4) is 33.4 Å². The van der Waals surface area contributed by atoms with Gasteiger partial charge in [-0.3, -0.25) is 0 Å². The van der Waals surface area contributed by atoms with Crippen LogP contribution in [0.3, 0.4) is 0 Å². The third-order valence-corrected chi connectivity index (χ3v) is 11.5. The molecule has 46 heavy (non-hydrogen) atoms. The lowest BCUT2D eigenvalue weighted by atomic mass is 9.76. The third-order valence-electron chi connectivity index (χ3n) is 10.4. The minimum Gasteiger partial charge on any atom is -0.135 e. The highest BCUT2D eigenvalue weighted by atomic mass is 32.1. The maximum absolute atomic E-state index is 2.54. The van der Waals surface area contributed by atoms with Gasteiger partial charge in [0.25, 0.3) is 0 Å². The summed E-state index contributed by atoms with van der Waals surface area (Å²) in [5.74, 6) is 0. The van der Waals surface area contributed by atoms with Gasteiger partial charge < -0.3 is 0 Å². The Morgan fingerprint density at radius 3 is 1.70 bits per heavy atom. The first-order chi connectivity index (χ1) is 22.6. The predicted octanol–water partition coefficient (Wildman–Crippen LogP) is 13.2. The first kappa shape index (κ1) is 26.0. The molecule has 0 N–H and O–H groups in total. The van der Waals surface area contributed by atoms with E-state index in [4.69, 9.17) is 0 Å². The number of thiophene rings is 1. The summed E-state index contributed by atoms with van der Waals surface area (Å²) in [4.78, 5) is 0. The molecule has 9 aromatic rings. The molecule has 0 amide bonds. The average Bonchev–Trinajstić information content (AvgIpc) is 3.57. The Balaban J connectivity index is 1.43. The van der Waals surface area contributed by atoms with E-state index >= 15 is 0 Å². The second-order valence-corrected chi connectivity index (χ2v) is 14.3. The van der Waals surface area contributed by atoms with Crippen molar-refractivity contribution in [1.29, 1.82) is 0 Å². The molecule has 1 aliphatic rings. The fraction of sp³-hybridized carbons (Fsp3) is 0.0667. The molecule has 0 fully saturated rings. The van der Waals surface area contributed by atoms with Gasteiger partial charge in [0.2, 0.25) is 0 Å². The summed E-state index contributed by atoms with van der Waals surface area (Å²) >= 11 is 1.94. The van der Waals surface area contributed by atoms with Gasteiger partial charge in [0, 0.05) is 25.6 Å². The number of benzene rings is 8. The minimum atomic E-state index is -0.166. The third kappa shape index (κ3) is 3.44. The van der Waals surface area contributed by atoms with E-state index in [1.54, 1.807) is 0 Å². The second-order valence-electron chi connectivity index (χ2n) is 13.2. The summed E-state index contributed by atoms with van der Waals surface area (Å²) in [6.07, 6.45) is 0. The van der Waals surface area contributed by atoms with Crippen LogP contribution in [0.1, 0.15) is 25.0 Å². The fourth-order valence-electron chi connectivity index (χ4n) is 8.45. The van der Waals surface area contributed by atoms with Crippen molar-refractivity contribution in [2.75, 3.05) is 0 Å². The molecule has 10 rings (SSSR count). The molecule has 0 bridgehead atoms. The Morgan fingerprint density at radius 1 is 0.435 bits per heavy atom. The van der Waals surface area contributed by atoms with Gasteiger partial charge in [-0.15, -0.1) is 11.3 Å². The maximum atomic E-state index is 2.54. The van der Waals surface area contributed by atoms with Crippen molar-refractivity contribution in [2.45, 2.75) is 19.3 Å². The molecule has 1 heteroatoms. The van der Waals surface area contributed by atoms with E-state index in [0.717, 1.165) is 0 Å². The molecule has 216 valence electrons. The molecular formula is C45H30S. The van der Waals surface area contributed by atoms with Gasteiger partial charge in [-0.25, -0.2) is 0 Å². The molecule has 1 heterocycles. The van der Waals surface area contributed by atoms with Crippen LogP contribution in [0.4, 0.5) is 0 Å². The molecular weight excluding hydrogens is 573 g/mol. The lowest BCUT2D eigenvalue weighted by molar-refractivity contribution is 0.663. The number of hydrogen-bond acceptors (Lipinski definition) is 1. The van der Waals surface area contributed by atoms with Crippen LogP contribution in [0.25, 0.3) is 85.9 Å². The normalized spacial score (nSPS) is 13.6. The number of fused-ring (bicyclic) bond motifs is 10. The Kier molecular flexibility index (Phi) is 5.31. The Labute approximate surface area is 272 Å². The van der Waals surface area contributed by atoms with Crippen molar-refractivity contribution in [2.24, 2.45) is 0 Å². The van der Waals surface area contributed by atoms with E-state index in [1.807, 2.05) is 11.3 Å². The maximum Gasteiger partial charge on any atom is 0.0368 e. The Hall–Kier alpha value is -5.24. The lowest BCUT2D eigenvalue weighted by Crippen LogP contribution is -2.16. The van der Waals surface area contributed by atoms with E-state index in [0.29, 0.717) is 0 Å². The summed E-state index contributed by atoms with van der Waals surface area (Å²) in [6, 6.07) is 54.3. The van der Waals surface area contributed by atoms with Gasteiger partial charge in [-0.1, -0.05) is 141 Å². The van der Waals surface area contributed by atoms with Crippen molar-refractivity contribution < 1.29 is 0 Å². The van der Waals surface area contributed by atoms with Gasteiger partial charge >= 0.3 is 0 Å². The smallest absolute Gasteiger partial charge is 0.0368 e. The molecule has 1 aromatic heterocycles. The SMILES string of the molecule is CC1(C)c2ccccc2-c2c1c(-c1c3ccccc3c(-c3ccccc3)c3ccccc13)cc1sc3cc4ccccc4cc3c21. The van der Waals surface area contributed by atoms with E-state index in [9.17, 15) is 0 Å². The molecule has 0 spiro atoms. The summed E-state index contributed by atoms with van der Waals surface area (Å²) in [7, 11) is 0. The summed E-state index contributed by atoms with van der Waals surface area (Å²) in [5, 5.41) is 10.6. The highest BCUT2D eigenvalue weighted by Crippen LogP contribution is 2.58. The van der Waals surface area contributed by atoms with E-state index < -0.39 is 0 Å². The monoisotopic (exact) mass is 602 g/mol. The molecule has 0 aliphatic heterocycles. The van der Waals surface area contributed by atoms with Gasteiger partial charge in [-0.05, 0) is 95.0 Å². The zero-order valence-electron chi connectivity index (χ0n) is 25.8. The molecule has 0 unspecified atom stereocenters. The molecule has 0 saturated heterocycles. The van der Waals surface area contributed by atoms with E-state index in [2.05, 4.69) is 159 Å². The number of hydrogen-bond donors (Lipinski definition) is 0. The largest absolute Gasteiger partial charge is 0.135 e. The standard InChI is InChI=1S/C45H30S/c1-45(2)37-23-13-12-22-34(37)43-42-35-24-28-16-6-7-17-29(28)25-38(35)46-39(42)26-36(44(43)45)41-32-20-10-8-18-30(32)40(27-14-4-3-5-15-27)31-19-9-11-21-33(31)41/h3-26H,1-2H3. The highest BCUT2D eigenvalue weighted by molar-refractivity contribution is 7.26. The van der Waals surface area contributed by atoms with Crippen LogP contribution < -0.4 is 0 Å². The van der Waals surface area contributed by atoms with Crippen LogP contribution in [0.15, 0.2) is 146 Å². The Bertz CT molecular complexity index is 2650. The second kappa shape index (κ2) is 9.39. The van der Waals surface area contributed by atoms with Gasteiger partial charge in [0.15, 0.2) is 0 Å². The van der Waals surface area contributed by atoms with Gasteiger partial charge in [-0.2, -0.15) is 0 Å². The van der Waals surface area contributed by atoms with Crippen LogP contribution >= 0.6 is 11.3 Å². The van der Waals surface area contributed by atoms with E-state index in [1.165, 1.54) is 97.0 Å². The van der Waals surface area contributed by atoms with Crippen LogP contribution in [0.5, 0.6) is 0 Å². The highest BCUT2D eigenvalue weighted by Gasteiger charge is 2.40. The topological polar surface area (TPSA) is 0 Å². The zero-order chi connectivity index (χ0) is 30.6. The van der Waals surface area contributed by atoms with Crippen LogP contribution in [0.2, 0.25) is 0 Å².